The molecule has 1 aromatic carbocycles. The van der Waals surface area contributed by atoms with Crippen molar-refractivity contribution in [3.8, 4) is 5.69 Å². The molecule has 0 radical (unpaired) electrons. The molecule has 0 N–H and O–H groups in total. The van der Waals surface area contributed by atoms with Gasteiger partial charge < -0.3 is 4.57 Å². The molecule has 0 spiro atoms. The third-order valence-electron chi connectivity index (χ3n) is 1.94. The SMILES string of the molecule is Cc1cncn1-c1ccccc1I. The number of imidazole rings is 1. The predicted octanol–water partition coefficient (Wildman–Crippen LogP) is 2.79. The van der Waals surface area contributed by atoms with E-state index in [1.807, 2.05) is 24.7 Å². The van der Waals surface area contributed by atoms with Crippen molar-refractivity contribution in [2.75, 3.05) is 0 Å². The largest absolute Gasteiger partial charge is 0.303 e. The minimum Gasteiger partial charge on any atom is -0.303 e. The number of aryl methyl sites for hydroxylation is 1. The van der Waals surface area contributed by atoms with Crippen molar-refractivity contribution in [2.24, 2.45) is 0 Å². The number of halogens is 1. The maximum Gasteiger partial charge on any atom is 0.0994 e. The van der Waals surface area contributed by atoms with Gasteiger partial charge in [0.2, 0.25) is 0 Å². The Morgan fingerprint density at radius 1 is 1.31 bits per heavy atom. The Hall–Kier alpha value is -0.840. The summed E-state index contributed by atoms with van der Waals surface area (Å²) in [5.74, 6) is 0. The number of benzene rings is 1. The second-order valence-corrected chi connectivity index (χ2v) is 4.02. The van der Waals surface area contributed by atoms with Gasteiger partial charge in [0.25, 0.3) is 0 Å². The summed E-state index contributed by atoms with van der Waals surface area (Å²) in [4.78, 5) is 4.10. The second-order valence-electron chi connectivity index (χ2n) is 2.86. The number of hydrogen-bond acceptors (Lipinski definition) is 1. The van der Waals surface area contributed by atoms with Gasteiger partial charge in [0.15, 0.2) is 0 Å². The predicted molar refractivity (Wildman–Crippen MR) is 61.0 cm³/mol. The molecule has 1 heterocycles. The summed E-state index contributed by atoms with van der Waals surface area (Å²) in [5.41, 5.74) is 2.35. The maximum atomic E-state index is 4.10. The number of para-hydroxylation sites is 1. The molecule has 1 aromatic heterocycles. The molecule has 0 saturated heterocycles. The van der Waals surface area contributed by atoms with Crippen LogP contribution >= 0.6 is 22.6 Å². The first-order valence-electron chi connectivity index (χ1n) is 4.03. The highest BCUT2D eigenvalue weighted by atomic mass is 127. The van der Waals surface area contributed by atoms with Crippen LogP contribution in [-0.2, 0) is 0 Å². The van der Waals surface area contributed by atoms with Crippen LogP contribution in [0.2, 0.25) is 0 Å². The highest BCUT2D eigenvalue weighted by Gasteiger charge is 2.02. The van der Waals surface area contributed by atoms with Crippen LogP contribution in [-0.4, -0.2) is 9.55 Å². The number of nitrogens with zero attached hydrogens (tertiary/aromatic N) is 2. The zero-order valence-corrected chi connectivity index (χ0v) is 9.39. The summed E-state index contributed by atoms with van der Waals surface area (Å²) >= 11 is 2.33. The first-order chi connectivity index (χ1) is 6.29. The van der Waals surface area contributed by atoms with E-state index in [1.54, 1.807) is 0 Å². The van der Waals surface area contributed by atoms with Gasteiger partial charge in [-0.1, -0.05) is 12.1 Å². The lowest BCUT2D eigenvalue weighted by Crippen LogP contribution is -1.96. The third-order valence-corrected chi connectivity index (χ3v) is 2.85. The van der Waals surface area contributed by atoms with Crippen molar-refractivity contribution in [3.05, 3.63) is 46.1 Å². The van der Waals surface area contributed by atoms with E-state index in [-0.39, 0.29) is 0 Å². The topological polar surface area (TPSA) is 17.8 Å². The average molecular weight is 284 g/mol. The van der Waals surface area contributed by atoms with Crippen molar-refractivity contribution < 1.29 is 0 Å². The average Bonchev–Trinajstić information content (AvgIpc) is 2.52. The molecule has 2 aromatic rings. The highest BCUT2D eigenvalue weighted by Crippen LogP contribution is 2.17. The smallest absolute Gasteiger partial charge is 0.0994 e. The van der Waals surface area contributed by atoms with Crippen molar-refractivity contribution in [2.45, 2.75) is 6.92 Å². The van der Waals surface area contributed by atoms with Gasteiger partial charge in [-0.2, -0.15) is 0 Å². The molecule has 13 heavy (non-hydrogen) atoms. The molecule has 66 valence electrons. The normalized spacial score (nSPS) is 10.3. The standard InChI is InChI=1S/C10H9IN2/c1-8-6-12-7-13(8)10-5-3-2-4-9(10)11/h2-7H,1H3. The molecule has 3 heteroatoms. The summed E-state index contributed by atoms with van der Waals surface area (Å²) in [6, 6.07) is 8.26. The van der Waals surface area contributed by atoms with Crippen LogP contribution in [0, 0.1) is 10.5 Å². The Balaban J connectivity index is 2.59. The third kappa shape index (κ3) is 1.60. The molecule has 2 rings (SSSR count). The van der Waals surface area contributed by atoms with E-state index in [4.69, 9.17) is 0 Å². The van der Waals surface area contributed by atoms with E-state index in [2.05, 4.69) is 51.2 Å². The monoisotopic (exact) mass is 284 g/mol. The molecule has 0 atom stereocenters. The van der Waals surface area contributed by atoms with Gasteiger partial charge in [0, 0.05) is 15.5 Å². The second kappa shape index (κ2) is 3.49. The molecule has 0 bridgehead atoms. The van der Waals surface area contributed by atoms with E-state index in [1.165, 1.54) is 9.26 Å². The van der Waals surface area contributed by atoms with Crippen molar-refractivity contribution in [3.63, 3.8) is 0 Å². The Morgan fingerprint density at radius 3 is 2.69 bits per heavy atom. The molecule has 0 aliphatic rings. The molecule has 0 aliphatic carbocycles. The number of aromatic nitrogens is 2. The molecule has 0 aliphatic heterocycles. The van der Waals surface area contributed by atoms with E-state index in [0.29, 0.717) is 0 Å². The van der Waals surface area contributed by atoms with Gasteiger partial charge in [-0.25, -0.2) is 4.98 Å². The summed E-state index contributed by atoms with van der Waals surface area (Å²) in [7, 11) is 0. The molecular formula is C10H9IN2. The minimum absolute atomic E-state index is 1.16. The van der Waals surface area contributed by atoms with Crippen LogP contribution in [0.15, 0.2) is 36.8 Å². The Kier molecular flexibility index (Phi) is 2.35. The Labute approximate surface area is 90.8 Å². The first kappa shape index (κ1) is 8.74. The zero-order chi connectivity index (χ0) is 9.26. The van der Waals surface area contributed by atoms with Crippen LogP contribution in [0.25, 0.3) is 5.69 Å². The molecule has 0 amide bonds. The van der Waals surface area contributed by atoms with Gasteiger partial charge >= 0.3 is 0 Å². The minimum atomic E-state index is 1.16. The van der Waals surface area contributed by atoms with Crippen LogP contribution in [0.1, 0.15) is 5.69 Å². The molecule has 0 fully saturated rings. The molecular weight excluding hydrogens is 275 g/mol. The molecule has 0 unspecified atom stereocenters. The van der Waals surface area contributed by atoms with Crippen molar-refractivity contribution >= 4 is 22.6 Å². The first-order valence-corrected chi connectivity index (χ1v) is 5.11. The summed E-state index contributed by atoms with van der Waals surface area (Å²) in [6.07, 6.45) is 3.70. The molecule has 2 nitrogen and oxygen atoms in total. The van der Waals surface area contributed by atoms with Gasteiger partial charge in [-0.3, -0.25) is 0 Å². The van der Waals surface area contributed by atoms with E-state index in [0.717, 1.165) is 5.69 Å². The van der Waals surface area contributed by atoms with E-state index >= 15 is 0 Å². The summed E-state index contributed by atoms with van der Waals surface area (Å²) in [6.45, 7) is 2.05. The van der Waals surface area contributed by atoms with Crippen LogP contribution in [0.4, 0.5) is 0 Å². The number of hydrogen-bond donors (Lipinski definition) is 0. The van der Waals surface area contributed by atoms with E-state index in [9.17, 15) is 0 Å². The molecule has 0 saturated carbocycles. The van der Waals surface area contributed by atoms with Gasteiger partial charge in [-0.15, -0.1) is 0 Å². The number of rotatable bonds is 1. The van der Waals surface area contributed by atoms with Gasteiger partial charge in [-0.05, 0) is 41.6 Å². The lowest BCUT2D eigenvalue weighted by molar-refractivity contribution is 0.998. The van der Waals surface area contributed by atoms with Gasteiger partial charge in [0.05, 0.1) is 12.0 Å². The Bertz CT molecular complexity index is 420. The van der Waals surface area contributed by atoms with Crippen LogP contribution in [0.5, 0.6) is 0 Å². The summed E-state index contributed by atoms with van der Waals surface area (Å²) < 4.78 is 3.32. The maximum absolute atomic E-state index is 4.10. The van der Waals surface area contributed by atoms with Crippen molar-refractivity contribution in [1.29, 1.82) is 0 Å². The quantitative estimate of drug-likeness (QED) is 0.736. The van der Waals surface area contributed by atoms with E-state index < -0.39 is 0 Å². The van der Waals surface area contributed by atoms with Crippen LogP contribution in [0.3, 0.4) is 0 Å². The zero-order valence-electron chi connectivity index (χ0n) is 7.24. The lowest BCUT2D eigenvalue weighted by atomic mass is 10.3. The fourth-order valence-corrected chi connectivity index (χ4v) is 1.91. The summed E-state index contributed by atoms with van der Waals surface area (Å²) in [5, 5.41) is 0. The fourth-order valence-electron chi connectivity index (χ4n) is 1.26. The van der Waals surface area contributed by atoms with Crippen molar-refractivity contribution in [1.82, 2.24) is 9.55 Å². The fraction of sp³-hybridized carbons (Fsp3) is 0.100. The Morgan fingerprint density at radius 2 is 2.08 bits per heavy atom. The van der Waals surface area contributed by atoms with Gasteiger partial charge in [0.1, 0.15) is 0 Å². The van der Waals surface area contributed by atoms with Crippen LogP contribution < -0.4 is 0 Å². The highest BCUT2D eigenvalue weighted by molar-refractivity contribution is 14.1. The lowest BCUT2D eigenvalue weighted by Gasteiger charge is -2.06.